The Labute approximate surface area is 151 Å². The number of hydrogen-bond donors (Lipinski definition) is 2. The Hall–Kier alpha value is -2.77. The molecule has 3 aromatic rings. The van der Waals surface area contributed by atoms with E-state index >= 15 is 0 Å². The number of hydrogen-bond acceptors (Lipinski definition) is 5. The van der Waals surface area contributed by atoms with Crippen molar-refractivity contribution in [2.45, 2.75) is 11.7 Å². The van der Waals surface area contributed by atoms with E-state index in [0.717, 1.165) is 10.9 Å². The van der Waals surface area contributed by atoms with Crippen molar-refractivity contribution in [2.75, 3.05) is 5.75 Å². The molecule has 0 saturated heterocycles. The monoisotopic (exact) mass is 370 g/mol. The summed E-state index contributed by atoms with van der Waals surface area (Å²) in [4.78, 5) is 16.2. The second-order valence-corrected chi connectivity index (χ2v) is 8.14. The molecule has 1 unspecified atom stereocenters. The van der Waals surface area contributed by atoms with Gasteiger partial charge in [-0.15, -0.1) is 0 Å². The first-order chi connectivity index (χ1) is 12.5. The molecule has 0 aliphatic carbocycles. The Bertz CT molecular complexity index is 1020. The van der Waals surface area contributed by atoms with Gasteiger partial charge in [0.1, 0.15) is 0 Å². The van der Waals surface area contributed by atoms with Gasteiger partial charge in [-0.2, -0.15) is 0 Å². The molecule has 0 radical (unpaired) electrons. The molecule has 2 aromatic carbocycles. The van der Waals surface area contributed by atoms with Crippen molar-refractivity contribution in [1.29, 1.82) is 0 Å². The summed E-state index contributed by atoms with van der Waals surface area (Å²) in [5.74, 6) is -2.38. The summed E-state index contributed by atoms with van der Waals surface area (Å²) < 4.78 is 25.3. The van der Waals surface area contributed by atoms with Crippen LogP contribution in [0.2, 0.25) is 0 Å². The molecule has 2 N–H and O–H groups in total. The third-order valence-corrected chi connectivity index (χ3v) is 5.70. The number of nitrogens with zero attached hydrogens (tertiary/aromatic N) is 1. The molecule has 0 spiro atoms. The lowest BCUT2D eigenvalue weighted by molar-refractivity contribution is -0.130. The Kier molecular flexibility index (Phi) is 5.29. The van der Waals surface area contributed by atoms with Crippen molar-refractivity contribution in [3.63, 3.8) is 0 Å². The highest BCUT2D eigenvalue weighted by atomic mass is 32.2. The summed E-state index contributed by atoms with van der Waals surface area (Å²) in [6.07, 6.45) is 1.53. The van der Waals surface area contributed by atoms with Crippen LogP contribution in [-0.4, -0.2) is 30.3 Å². The highest BCUT2D eigenvalue weighted by Gasteiger charge is 2.27. The zero-order valence-corrected chi connectivity index (χ0v) is 14.7. The van der Waals surface area contributed by atoms with E-state index in [-0.39, 0.29) is 5.75 Å². The van der Waals surface area contributed by atoms with Crippen LogP contribution in [0.5, 0.6) is 0 Å². The molecule has 3 rings (SSSR count). The van der Waals surface area contributed by atoms with E-state index in [0.29, 0.717) is 11.1 Å². The van der Waals surface area contributed by atoms with Crippen LogP contribution < -0.4 is 5.48 Å². The molecule has 1 aromatic heterocycles. The number of pyridine rings is 1. The summed E-state index contributed by atoms with van der Waals surface area (Å²) in [6.45, 7) is 0. The first-order valence-corrected chi connectivity index (χ1v) is 9.83. The topological polar surface area (TPSA) is 96.4 Å². The van der Waals surface area contributed by atoms with Crippen molar-refractivity contribution in [1.82, 2.24) is 10.5 Å². The standard InChI is InChI=1S/C19H18N2O4S/c22-19(21-23)17(15-6-2-1-3-7-15)13-26(24,25)12-14-10-16-8-4-5-9-18(16)20-11-14/h1-11,17,23H,12-13H2,(H,21,22). The molecule has 1 amide bonds. The van der Waals surface area contributed by atoms with Gasteiger partial charge in [-0.25, -0.2) is 13.9 Å². The highest BCUT2D eigenvalue weighted by Crippen LogP contribution is 2.21. The first-order valence-electron chi connectivity index (χ1n) is 8.01. The molecule has 26 heavy (non-hydrogen) atoms. The largest absolute Gasteiger partial charge is 0.289 e. The van der Waals surface area contributed by atoms with Crippen LogP contribution in [0, 0.1) is 0 Å². The zero-order valence-electron chi connectivity index (χ0n) is 13.9. The van der Waals surface area contributed by atoms with Gasteiger partial charge in [0.2, 0.25) is 0 Å². The minimum atomic E-state index is -3.62. The molecule has 0 bridgehead atoms. The lowest BCUT2D eigenvalue weighted by Gasteiger charge is -2.15. The number of nitrogens with one attached hydrogen (secondary N) is 1. The fourth-order valence-electron chi connectivity index (χ4n) is 2.85. The lowest BCUT2D eigenvalue weighted by atomic mass is 10.0. The smallest absolute Gasteiger partial charge is 0.251 e. The molecule has 7 heteroatoms. The fourth-order valence-corrected chi connectivity index (χ4v) is 4.48. The summed E-state index contributed by atoms with van der Waals surface area (Å²) in [5.41, 5.74) is 3.43. The van der Waals surface area contributed by atoms with Crippen LogP contribution in [0.15, 0.2) is 66.9 Å². The number of carbonyl (C=O) groups is 1. The average Bonchev–Trinajstić information content (AvgIpc) is 2.66. The predicted octanol–water partition coefficient (Wildman–Crippen LogP) is 2.44. The number of fused-ring (bicyclic) bond motifs is 1. The molecule has 0 fully saturated rings. The van der Waals surface area contributed by atoms with Crippen molar-refractivity contribution in [3.8, 4) is 0 Å². The van der Waals surface area contributed by atoms with Crippen LogP contribution >= 0.6 is 0 Å². The van der Waals surface area contributed by atoms with E-state index in [2.05, 4.69) is 4.98 Å². The Morgan fingerprint density at radius 1 is 1.08 bits per heavy atom. The summed E-state index contributed by atoms with van der Waals surface area (Å²) >= 11 is 0. The van der Waals surface area contributed by atoms with Gasteiger partial charge in [0.15, 0.2) is 9.84 Å². The van der Waals surface area contributed by atoms with Gasteiger partial charge in [-0.3, -0.25) is 15.0 Å². The predicted molar refractivity (Wildman–Crippen MR) is 98.3 cm³/mol. The second-order valence-electron chi connectivity index (χ2n) is 6.03. The minimum absolute atomic E-state index is 0.229. The second kappa shape index (κ2) is 7.63. The summed E-state index contributed by atoms with van der Waals surface area (Å²) in [5, 5.41) is 9.82. The number of para-hydroxylation sites is 1. The third-order valence-electron chi connectivity index (χ3n) is 4.08. The van der Waals surface area contributed by atoms with Crippen LogP contribution in [0.25, 0.3) is 10.9 Å². The molecule has 1 heterocycles. The Balaban J connectivity index is 1.84. The molecule has 134 valence electrons. The fraction of sp³-hybridized carbons (Fsp3) is 0.158. The van der Waals surface area contributed by atoms with Crippen molar-refractivity contribution in [2.24, 2.45) is 0 Å². The van der Waals surface area contributed by atoms with E-state index in [1.807, 2.05) is 24.3 Å². The minimum Gasteiger partial charge on any atom is -0.289 e. The zero-order chi connectivity index (χ0) is 18.6. The van der Waals surface area contributed by atoms with Crippen LogP contribution in [-0.2, 0) is 20.4 Å². The number of rotatable bonds is 6. The van der Waals surface area contributed by atoms with Gasteiger partial charge < -0.3 is 0 Å². The number of aromatic nitrogens is 1. The normalized spacial score (nSPS) is 12.7. The molecule has 0 aliphatic rings. The number of hydroxylamine groups is 1. The number of sulfone groups is 1. The van der Waals surface area contributed by atoms with Crippen LogP contribution in [0.1, 0.15) is 17.0 Å². The molecule has 0 aliphatic heterocycles. The van der Waals surface area contributed by atoms with Gasteiger partial charge in [0.05, 0.1) is 22.9 Å². The number of benzene rings is 2. The van der Waals surface area contributed by atoms with E-state index in [1.54, 1.807) is 41.9 Å². The van der Waals surface area contributed by atoms with Crippen molar-refractivity contribution < 1.29 is 18.4 Å². The van der Waals surface area contributed by atoms with E-state index in [4.69, 9.17) is 5.21 Å². The molecule has 1 atom stereocenters. The maximum Gasteiger partial charge on any atom is 0.251 e. The van der Waals surface area contributed by atoms with Crippen molar-refractivity contribution >= 4 is 26.6 Å². The molecule has 0 saturated carbocycles. The van der Waals surface area contributed by atoms with Gasteiger partial charge in [-0.05, 0) is 23.3 Å². The van der Waals surface area contributed by atoms with E-state index in [1.165, 1.54) is 6.20 Å². The van der Waals surface area contributed by atoms with E-state index < -0.39 is 27.4 Å². The molecular formula is C19H18N2O4S. The lowest BCUT2D eigenvalue weighted by Crippen LogP contribution is -2.31. The first kappa shape index (κ1) is 18.0. The molecule has 6 nitrogen and oxygen atoms in total. The van der Waals surface area contributed by atoms with Gasteiger partial charge in [0.25, 0.3) is 5.91 Å². The Morgan fingerprint density at radius 3 is 2.50 bits per heavy atom. The van der Waals surface area contributed by atoms with Crippen LogP contribution in [0.3, 0.4) is 0 Å². The highest BCUT2D eigenvalue weighted by molar-refractivity contribution is 7.90. The van der Waals surface area contributed by atoms with E-state index in [9.17, 15) is 13.2 Å². The SMILES string of the molecule is O=C(NO)C(CS(=O)(=O)Cc1cnc2ccccc2c1)c1ccccc1. The third kappa shape index (κ3) is 4.25. The van der Waals surface area contributed by atoms with Gasteiger partial charge in [0, 0.05) is 11.6 Å². The quantitative estimate of drug-likeness (QED) is 0.513. The number of amides is 1. The summed E-state index contributed by atoms with van der Waals surface area (Å²) in [6, 6.07) is 17.7. The van der Waals surface area contributed by atoms with Crippen LogP contribution in [0.4, 0.5) is 0 Å². The van der Waals surface area contributed by atoms with Gasteiger partial charge >= 0.3 is 0 Å². The average molecular weight is 370 g/mol. The van der Waals surface area contributed by atoms with Gasteiger partial charge in [-0.1, -0.05) is 48.5 Å². The number of carbonyl (C=O) groups excluding carboxylic acids is 1. The summed E-state index contributed by atoms with van der Waals surface area (Å²) in [7, 11) is -3.62. The molecular weight excluding hydrogens is 352 g/mol. The maximum absolute atomic E-state index is 12.7. The Morgan fingerprint density at radius 2 is 1.77 bits per heavy atom. The maximum atomic E-state index is 12.7. The van der Waals surface area contributed by atoms with Crippen molar-refractivity contribution in [3.05, 3.63) is 78.0 Å².